The molecular formula is C46H92O16. The van der Waals surface area contributed by atoms with Crippen molar-refractivity contribution in [3.05, 3.63) is 0 Å². The molecule has 16 heteroatoms. The second kappa shape index (κ2) is 63.4. The van der Waals surface area contributed by atoms with Gasteiger partial charge in [-0.05, 0) is 64.2 Å². The van der Waals surface area contributed by atoms with Gasteiger partial charge >= 0.3 is 47.8 Å². The molecule has 0 spiro atoms. The van der Waals surface area contributed by atoms with Crippen LogP contribution in [-0.4, -0.2) is 88.6 Å². The Labute approximate surface area is 374 Å². The summed E-state index contributed by atoms with van der Waals surface area (Å²) in [4.78, 5) is 78.9. The normalized spacial score (nSPS) is 9.32. The summed E-state index contributed by atoms with van der Waals surface area (Å²) in [5.74, 6) is -5.54. The summed E-state index contributed by atoms with van der Waals surface area (Å²) >= 11 is 0. The molecule has 0 aromatic carbocycles. The molecule has 0 unspecified atom stereocenters. The van der Waals surface area contributed by atoms with Crippen molar-refractivity contribution in [1.82, 2.24) is 0 Å². The van der Waals surface area contributed by atoms with Gasteiger partial charge in [0, 0.05) is 44.9 Å². The molecule has 0 aliphatic carbocycles. The van der Waals surface area contributed by atoms with E-state index in [1.807, 2.05) is 55.4 Å². The van der Waals surface area contributed by atoms with Gasteiger partial charge in [-0.25, -0.2) is 0 Å². The molecule has 0 aromatic rings. The Hall–Kier alpha value is -4.24. The summed E-state index contributed by atoms with van der Waals surface area (Å²) < 4.78 is 0. The van der Waals surface area contributed by atoms with Crippen LogP contribution in [0.1, 0.15) is 243 Å². The van der Waals surface area contributed by atoms with Gasteiger partial charge in [-0.15, -0.1) is 0 Å². The average molecular weight is 901 g/mol. The number of hydrogen-bond donors (Lipinski definition) is 8. The highest BCUT2D eigenvalue weighted by atomic mass is 16.4. The predicted octanol–water partition coefficient (Wildman–Crippen LogP) is 12.3. The minimum Gasteiger partial charge on any atom is -0.481 e. The van der Waals surface area contributed by atoms with E-state index in [2.05, 4.69) is 13.8 Å². The van der Waals surface area contributed by atoms with Gasteiger partial charge in [-0.2, -0.15) is 0 Å². The molecule has 0 rings (SSSR count). The lowest BCUT2D eigenvalue weighted by atomic mass is 9.76. The van der Waals surface area contributed by atoms with E-state index in [1.165, 1.54) is 51.4 Å². The minimum atomic E-state index is -0.711. The molecule has 0 atom stereocenters. The molecule has 0 heterocycles. The smallest absolute Gasteiger partial charge is 0.309 e. The Morgan fingerprint density at radius 1 is 0.274 bits per heavy atom. The summed E-state index contributed by atoms with van der Waals surface area (Å²) in [6.45, 7) is 19.4. The van der Waals surface area contributed by atoms with Gasteiger partial charge in [0.15, 0.2) is 0 Å². The molecule has 16 nitrogen and oxygen atoms in total. The SMILES string of the molecule is CCCC(=O)O.CCCC(=O)O.CCCC(=O)O.CCCC(=O)O.CCCC(=O)O.CCCC(=O)O.CCCC(=O)O.CCCCCCCC(CC)(CCCCCCC)C(=O)O. The van der Waals surface area contributed by atoms with E-state index in [0.717, 1.165) is 77.0 Å². The zero-order chi connectivity index (χ0) is 50.2. The number of rotatable bonds is 28. The summed E-state index contributed by atoms with van der Waals surface area (Å²) in [5.41, 5.74) is -0.446. The fourth-order valence-corrected chi connectivity index (χ4v) is 4.47. The highest BCUT2D eigenvalue weighted by Gasteiger charge is 2.35. The fraction of sp³-hybridized carbons (Fsp3) is 0.826. The molecule has 0 aliphatic heterocycles. The minimum absolute atomic E-state index is 0.292. The number of carboxylic acids is 8. The van der Waals surface area contributed by atoms with Crippen LogP contribution in [0.4, 0.5) is 0 Å². The van der Waals surface area contributed by atoms with Gasteiger partial charge in [0.1, 0.15) is 0 Å². The third kappa shape index (κ3) is 95.9. The topological polar surface area (TPSA) is 298 Å². The van der Waals surface area contributed by atoms with Gasteiger partial charge in [0.2, 0.25) is 0 Å². The molecule has 8 N–H and O–H groups in total. The number of carboxylic acid groups (broad SMARTS) is 8. The van der Waals surface area contributed by atoms with E-state index in [4.69, 9.17) is 35.7 Å². The molecule has 372 valence electrons. The van der Waals surface area contributed by atoms with E-state index >= 15 is 0 Å². The van der Waals surface area contributed by atoms with Crippen molar-refractivity contribution >= 4 is 47.8 Å². The van der Waals surface area contributed by atoms with Crippen molar-refractivity contribution in [2.75, 3.05) is 0 Å². The van der Waals surface area contributed by atoms with Crippen molar-refractivity contribution < 1.29 is 79.2 Å². The molecule has 0 saturated heterocycles. The standard InChI is InChI=1S/C18H36O2.7C4H8O2/c1-4-7-9-11-13-15-18(6-3,17(19)20)16-14-12-10-8-5-2;7*1-2-3-4(5)6/h4-16H2,1-3H3,(H,19,20);7*2-3H2,1H3,(H,5,6). The Bertz CT molecular complexity index is 873. The summed E-state index contributed by atoms with van der Waals surface area (Å²) in [5, 5.41) is 65.0. The summed E-state index contributed by atoms with van der Waals surface area (Å²) in [6.07, 6.45) is 21.8. The second-order valence-electron chi connectivity index (χ2n) is 14.3. The van der Waals surface area contributed by atoms with Gasteiger partial charge < -0.3 is 40.9 Å². The van der Waals surface area contributed by atoms with E-state index in [9.17, 15) is 43.5 Å². The zero-order valence-corrected chi connectivity index (χ0v) is 40.4. The summed E-state index contributed by atoms with van der Waals surface area (Å²) in [7, 11) is 0. The van der Waals surface area contributed by atoms with Crippen LogP contribution >= 0.6 is 0 Å². The van der Waals surface area contributed by atoms with Crippen LogP contribution in [0, 0.1) is 5.41 Å². The van der Waals surface area contributed by atoms with E-state index in [1.54, 1.807) is 0 Å². The number of carbonyl (C=O) groups is 8. The predicted molar refractivity (Wildman–Crippen MR) is 245 cm³/mol. The third-order valence-electron chi connectivity index (χ3n) is 7.90. The quantitative estimate of drug-likeness (QED) is 0.0338. The Morgan fingerprint density at radius 2 is 0.452 bits per heavy atom. The molecule has 0 aromatic heterocycles. The van der Waals surface area contributed by atoms with Gasteiger partial charge in [-0.3, -0.25) is 38.4 Å². The van der Waals surface area contributed by atoms with E-state index in [0.29, 0.717) is 44.9 Å². The maximum absolute atomic E-state index is 11.7. The van der Waals surface area contributed by atoms with E-state index in [-0.39, 0.29) is 0 Å². The number of aliphatic carboxylic acids is 8. The van der Waals surface area contributed by atoms with Gasteiger partial charge in [0.25, 0.3) is 0 Å². The molecule has 0 aliphatic rings. The van der Waals surface area contributed by atoms with Crippen LogP contribution in [-0.2, 0) is 38.4 Å². The maximum atomic E-state index is 11.7. The van der Waals surface area contributed by atoms with Crippen molar-refractivity contribution in [3.63, 3.8) is 0 Å². The van der Waals surface area contributed by atoms with Crippen molar-refractivity contribution in [1.29, 1.82) is 0 Å². The maximum Gasteiger partial charge on any atom is 0.309 e. The molecule has 0 radical (unpaired) electrons. The van der Waals surface area contributed by atoms with Crippen molar-refractivity contribution in [2.45, 2.75) is 243 Å². The van der Waals surface area contributed by atoms with Gasteiger partial charge in [0.05, 0.1) is 5.41 Å². The largest absolute Gasteiger partial charge is 0.481 e. The first-order chi connectivity index (χ1) is 29.0. The monoisotopic (exact) mass is 901 g/mol. The molecule has 0 saturated carbocycles. The van der Waals surface area contributed by atoms with Crippen LogP contribution < -0.4 is 0 Å². The molecule has 0 amide bonds. The Balaban J connectivity index is -0.0000000970. The lowest BCUT2D eigenvalue weighted by Gasteiger charge is -2.28. The van der Waals surface area contributed by atoms with Crippen LogP contribution in [0.2, 0.25) is 0 Å². The fourth-order valence-electron chi connectivity index (χ4n) is 4.47. The number of hydrogen-bond acceptors (Lipinski definition) is 8. The van der Waals surface area contributed by atoms with Crippen LogP contribution in [0.3, 0.4) is 0 Å². The molecule has 62 heavy (non-hydrogen) atoms. The van der Waals surface area contributed by atoms with E-state index < -0.39 is 53.2 Å². The number of unbranched alkanes of at least 4 members (excludes halogenated alkanes) is 8. The van der Waals surface area contributed by atoms with Gasteiger partial charge in [-0.1, -0.05) is 133 Å². The second-order valence-corrected chi connectivity index (χ2v) is 14.3. The highest BCUT2D eigenvalue weighted by Crippen LogP contribution is 2.35. The van der Waals surface area contributed by atoms with Crippen LogP contribution in [0.25, 0.3) is 0 Å². The first kappa shape index (κ1) is 75.2. The van der Waals surface area contributed by atoms with Crippen molar-refractivity contribution in [3.8, 4) is 0 Å². The first-order valence-corrected chi connectivity index (χ1v) is 22.8. The lowest BCUT2D eigenvalue weighted by molar-refractivity contribution is -0.150. The molecular weight excluding hydrogens is 808 g/mol. The third-order valence-corrected chi connectivity index (χ3v) is 7.90. The molecule has 0 fully saturated rings. The van der Waals surface area contributed by atoms with Crippen LogP contribution in [0.15, 0.2) is 0 Å². The average Bonchev–Trinajstić information content (AvgIpc) is 3.15. The zero-order valence-electron chi connectivity index (χ0n) is 40.4. The Morgan fingerprint density at radius 3 is 0.548 bits per heavy atom. The highest BCUT2D eigenvalue weighted by molar-refractivity contribution is 5.74. The lowest BCUT2D eigenvalue weighted by Crippen LogP contribution is -2.30. The van der Waals surface area contributed by atoms with Crippen molar-refractivity contribution in [2.24, 2.45) is 5.41 Å². The Kier molecular flexibility index (Phi) is 76.8. The first-order valence-electron chi connectivity index (χ1n) is 22.8. The molecule has 0 bridgehead atoms. The summed E-state index contributed by atoms with van der Waals surface area (Å²) in [6, 6.07) is 0. The van der Waals surface area contributed by atoms with Crippen LogP contribution in [0.5, 0.6) is 0 Å².